The maximum atomic E-state index is 3.79. The van der Waals surface area contributed by atoms with Gasteiger partial charge in [-0.05, 0) is 43.7 Å². The highest BCUT2D eigenvalue weighted by atomic mass is 15.0. The zero-order valence-electron chi connectivity index (χ0n) is 10.8. The molecule has 2 aliphatic carbocycles. The molecule has 0 spiro atoms. The minimum absolute atomic E-state index is 0.457. The van der Waals surface area contributed by atoms with Crippen LogP contribution >= 0.6 is 0 Å². The predicted molar refractivity (Wildman–Crippen MR) is 72.2 cm³/mol. The van der Waals surface area contributed by atoms with Crippen molar-refractivity contribution in [2.75, 3.05) is 6.54 Å². The van der Waals surface area contributed by atoms with E-state index in [0.717, 1.165) is 18.5 Å². The summed E-state index contributed by atoms with van der Waals surface area (Å²) in [6, 6.07) is 11.9. The number of nitrogens with one attached hydrogen (secondary N) is 1. The third-order valence-corrected chi connectivity index (χ3v) is 4.71. The standard InChI is InChI=1S/C16H23N/c1-2-17-15(13-9-10-13)16(11-6-12-16)14-7-4-3-5-8-14/h3-5,7-8,13,15,17H,2,6,9-12H2,1H3. The summed E-state index contributed by atoms with van der Waals surface area (Å²) >= 11 is 0. The summed E-state index contributed by atoms with van der Waals surface area (Å²) in [7, 11) is 0. The zero-order chi connectivity index (χ0) is 11.7. The first-order chi connectivity index (χ1) is 8.37. The van der Waals surface area contributed by atoms with Crippen molar-refractivity contribution in [2.45, 2.75) is 50.5 Å². The highest BCUT2D eigenvalue weighted by Gasteiger charge is 2.50. The van der Waals surface area contributed by atoms with E-state index in [1.54, 1.807) is 5.56 Å². The van der Waals surface area contributed by atoms with E-state index in [1.807, 2.05) is 0 Å². The number of benzene rings is 1. The topological polar surface area (TPSA) is 12.0 Å². The molecule has 0 bridgehead atoms. The van der Waals surface area contributed by atoms with Crippen LogP contribution in [0.1, 0.15) is 44.6 Å². The first-order valence-corrected chi connectivity index (χ1v) is 7.16. The molecule has 2 fully saturated rings. The zero-order valence-corrected chi connectivity index (χ0v) is 10.8. The van der Waals surface area contributed by atoms with Crippen LogP contribution in [-0.4, -0.2) is 12.6 Å². The van der Waals surface area contributed by atoms with Crippen molar-refractivity contribution in [3.8, 4) is 0 Å². The lowest BCUT2D eigenvalue weighted by Crippen LogP contribution is -2.54. The molecule has 1 unspecified atom stereocenters. The van der Waals surface area contributed by atoms with Crippen molar-refractivity contribution in [3.63, 3.8) is 0 Å². The van der Waals surface area contributed by atoms with Crippen molar-refractivity contribution in [1.29, 1.82) is 0 Å². The molecule has 1 heteroatoms. The van der Waals surface area contributed by atoms with E-state index in [-0.39, 0.29) is 0 Å². The van der Waals surface area contributed by atoms with Gasteiger partial charge in [0, 0.05) is 11.5 Å². The normalized spacial score (nSPS) is 24.1. The average molecular weight is 229 g/mol. The number of hydrogen-bond acceptors (Lipinski definition) is 1. The van der Waals surface area contributed by atoms with Crippen molar-refractivity contribution >= 4 is 0 Å². The Kier molecular flexibility index (Phi) is 2.96. The quantitative estimate of drug-likeness (QED) is 0.815. The Bertz CT molecular complexity index is 362. The molecule has 0 heterocycles. The van der Waals surface area contributed by atoms with Crippen LogP contribution in [0.25, 0.3) is 0 Å². The molecular weight excluding hydrogens is 206 g/mol. The van der Waals surface area contributed by atoms with E-state index < -0.39 is 0 Å². The maximum Gasteiger partial charge on any atom is 0.0192 e. The van der Waals surface area contributed by atoms with Gasteiger partial charge in [-0.2, -0.15) is 0 Å². The fourth-order valence-corrected chi connectivity index (χ4v) is 3.57. The Morgan fingerprint density at radius 1 is 1.24 bits per heavy atom. The molecule has 1 aromatic rings. The summed E-state index contributed by atoms with van der Waals surface area (Å²) in [6.07, 6.45) is 7.04. The predicted octanol–water partition coefficient (Wildman–Crippen LogP) is 3.50. The van der Waals surface area contributed by atoms with Crippen LogP contribution in [0.3, 0.4) is 0 Å². The van der Waals surface area contributed by atoms with E-state index in [4.69, 9.17) is 0 Å². The third-order valence-electron chi connectivity index (χ3n) is 4.71. The molecule has 2 aliphatic rings. The van der Waals surface area contributed by atoms with E-state index in [1.165, 1.54) is 32.1 Å². The van der Waals surface area contributed by atoms with Crippen LogP contribution in [0, 0.1) is 5.92 Å². The molecule has 0 aliphatic heterocycles. The third kappa shape index (κ3) is 1.91. The average Bonchev–Trinajstić information content (AvgIpc) is 3.12. The van der Waals surface area contributed by atoms with Crippen molar-refractivity contribution in [3.05, 3.63) is 35.9 Å². The van der Waals surface area contributed by atoms with Gasteiger partial charge in [-0.25, -0.2) is 0 Å². The molecule has 1 atom stereocenters. The smallest absolute Gasteiger partial charge is 0.0192 e. The number of hydrogen-bond donors (Lipinski definition) is 1. The molecular formula is C16H23N. The van der Waals surface area contributed by atoms with E-state index >= 15 is 0 Å². The van der Waals surface area contributed by atoms with Crippen molar-refractivity contribution < 1.29 is 0 Å². The molecule has 0 aromatic heterocycles. The van der Waals surface area contributed by atoms with Gasteiger partial charge in [0.05, 0.1) is 0 Å². The minimum Gasteiger partial charge on any atom is -0.313 e. The van der Waals surface area contributed by atoms with Gasteiger partial charge in [-0.15, -0.1) is 0 Å². The molecule has 3 rings (SSSR count). The summed E-state index contributed by atoms with van der Waals surface area (Å²) in [5.74, 6) is 0.940. The lowest BCUT2D eigenvalue weighted by atomic mass is 9.59. The van der Waals surface area contributed by atoms with Gasteiger partial charge in [0.2, 0.25) is 0 Å². The van der Waals surface area contributed by atoms with E-state index in [0.29, 0.717) is 5.41 Å². The minimum atomic E-state index is 0.457. The van der Waals surface area contributed by atoms with Crippen molar-refractivity contribution in [1.82, 2.24) is 5.32 Å². The fraction of sp³-hybridized carbons (Fsp3) is 0.625. The lowest BCUT2D eigenvalue weighted by molar-refractivity contribution is 0.154. The van der Waals surface area contributed by atoms with Gasteiger partial charge >= 0.3 is 0 Å². The summed E-state index contributed by atoms with van der Waals surface area (Å²) in [6.45, 7) is 3.35. The van der Waals surface area contributed by atoms with Crippen LogP contribution in [-0.2, 0) is 5.41 Å². The summed E-state index contributed by atoms with van der Waals surface area (Å²) in [5, 5.41) is 3.79. The van der Waals surface area contributed by atoms with Gasteiger partial charge in [0.25, 0.3) is 0 Å². The van der Waals surface area contributed by atoms with Crippen LogP contribution in [0.15, 0.2) is 30.3 Å². The van der Waals surface area contributed by atoms with Gasteiger partial charge in [-0.3, -0.25) is 0 Å². The molecule has 17 heavy (non-hydrogen) atoms. The molecule has 1 nitrogen and oxygen atoms in total. The molecule has 2 saturated carbocycles. The highest BCUT2D eigenvalue weighted by molar-refractivity contribution is 5.31. The molecule has 1 aromatic carbocycles. The second kappa shape index (κ2) is 4.45. The Morgan fingerprint density at radius 2 is 1.94 bits per heavy atom. The largest absolute Gasteiger partial charge is 0.313 e. The first-order valence-electron chi connectivity index (χ1n) is 7.16. The first kappa shape index (κ1) is 11.3. The second-order valence-electron chi connectivity index (χ2n) is 5.75. The summed E-state index contributed by atoms with van der Waals surface area (Å²) in [5.41, 5.74) is 2.03. The highest BCUT2D eigenvalue weighted by Crippen LogP contribution is 2.52. The van der Waals surface area contributed by atoms with Crippen LogP contribution in [0.4, 0.5) is 0 Å². The van der Waals surface area contributed by atoms with E-state index in [2.05, 4.69) is 42.6 Å². The summed E-state index contributed by atoms with van der Waals surface area (Å²) in [4.78, 5) is 0. The van der Waals surface area contributed by atoms with Gasteiger partial charge < -0.3 is 5.32 Å². The van der Waals surface area contributed by atoms with Crippen LogP contribution in [0.5, 0.6) is 0 Å². The molecule has 0 saturated heterocycles. The van der Waals surface area contributed by atoms with Gasteiger partial charge in [0.1, 0.15) is 0 Å². The Hall–Kier alpha value is -0.820. The fourth-order valence-electron chi connectivity index (χ4n) is 3.57. The Morgan fingerprint density at radius 3 is 2.41 bits per heavy atom. The van der Waals surface area contributed by atoms with Crippen LogP contribution < -0.4 is 5.32 Å². The van der Waals surface area contributed by atoms with Gasteiger partial charge in [-0.1, -0.05) is 43.7 Å². The second-order valence-corrected chi connectivity index (χ2v) is 5.75. The SMILES string of the molecule is CCNC(C1CC1)C1(c2ccccc2)CCC1. The monoisotopic (exact) mass is 229 g/mol. The summed E-state index contributed by atoms with van der Waals surface area (Å²) < 4.78 is 0. The van der Waals surface area contributed by atoms with Crippen LogP contribution in [0.2, 0.25) is 0 Å². The number of likely N-dealkylation sites (N-methyl/N-ethyl adjacent to an activating group) is 1. The number of rotatable bonds is 5. The van der Waals surface area contributed by atoms with Crippen molar-refractivity contribution in [2.24, 2.45) is 5.92 Å². The Labute approximate surface area is 105 Å². The lowest BCUT2D eigenvalue weighted by Gasteiger charge is -2.49. The molecule has 92 valence electrons. The van der Waals surface area contributed by atoms with E-state index in [9.17, 15) is 0 Å². The molecule has 0 amide bonds. The molecule has 1 N–H and O–H groups in total. The maximum absolute atomic E-state index is 3.79. The molecule has 0 radical (unpaired) electrons. The Balaban J connectivity index is 1.89. The van der Waals surface area contributed by atoms with Gasteiger partial charge in [0.15, 0.2) is 0 Å².